The molecule has 6 heteroatoms. The van der Waals surface area contributed by atoms with Gasteiger partial charge in [-0.1, -0.05) is 41.9 Å². The van der Waals surface area contributed by atoms with Crippen molar-refractivity contribution in [2.45, 2.75) is 37.8 Å². The molecule has 2 atom stereocenters. The van der Waals surface area contributed by atoms with E-state index < -0.39 is 11.6 Å². The van der Waals surface area contributed by atoms with Gasteiger partial charge in [0.2, 0.25) is 0 Å². The summed E-state index contributed by atoms with van der Waals surface area (Å²) in [6, 6.07) is 15.6. The molecular formula is C22H24ClN3O2. The third-order valence-corrected chi connectivity index (χ3v) is 5.84. The lowest BCUT2D eigenvalue weighted by Gasteiger charge is -2.28. The van der Waals surface area contributed by atoms with Crippen molar-refractivity contribution in [1.82, 2.24) is 10.2 Å². The van der Waals surface area contributed by atoms with Crippen LogP contribution in [0.3, 0.4) is 0 Å². The summed E-state index contributed by atoms with van der Waals surface area (Å²) < 4.78 is 0. The zero-order valence-electron chi connectivity index (χ0n) is 15.8. The molecule has 2 aliphatic rings. The second kappa shape index (κ2) is 7.22. The van der Waals surface area contributed by atoms with Crippen molar-refractivity contribution in [3.05, 3.63) is 59.1 Å². The van der Waals surface area contributed by atoms with Crippen LogP contribution in [0.2, 0.25) is 5.02 Å². The van der Waals surface area contributed by atoms with E-state index in [-0.39, 0.29) is 17.8 Å². The molecule has 2 unspecified atom stereocenters. The van der Waals surface area contributed by atoms with Crippen LogP contribution in [-0.2, 0) is 10.3 Å². The molecule has 1 saturated heterocycles. The van der Waals surface area contributed by atoms with E-state index in [0.717, 1.165) is 29.5 Å². The van der Waals surface area contributed by atoms with Crippen LogP contribution >= 0.6 is 11.6 Å². The lowest BCUT2D eigenvalue weighted by Crippen LogP contribution is -2.46. The lowest BCUT2D eigenvalue weighted by atomic mass is 9.83. The molecule has 0 bridgehead atoms. The molecule has 1 aliphatic carbocycles. The molecule has 28 heavy (non-hydrogen) atoms. The number of amides is 1. The number of hydrogen-bond donors (Lipinski definition) is 3. The number of hydrogen-bond acceptors (Lipinski definition) is 3. The third kappa shape index (κ3) is 3.29. The predicted octanol–water partition coefficient (Wildman–Crippen LogP) is 3.75. The Hall–Kier alpha value is -2.37. The summed E-state index contributed by atoms with van der Waals surface area (Å²) >= 11 is 6.15. The van der Waals surface area contributed by atoms with Crippen molar-refractivity contribution in [3.63, 3.8) is 0 Å². The number of rotatable bonds is 6. The minimum atomic E-state index is -0.898. The first-order chi connectivity index (χ1) is 13.4. The van der Waals surface area contributed by atoms with E-state index in [1.807, 2.05) is 48.5 Å². The Morgan fingerprint density at radius 1 is 1.25 bits per heavy atom. The van der Waals surface area contributed by atoms with E-state index in [1.165, 1.54) is 4.90 Å². The van der Waals surface area contributed by atoms with Crippen molar-refractivity contribution in [1.29, 1.82) is 5.41 Å². The normalized spacial score (nSPS) is 23.0. The highest BCUT2D eigenvalue weighted by molar-refractivity contribution is 6.30. The highest BCUT2D eigenvalue weighted by Crippen LogP contribution is 2.49. The number of guanidine groups is 1. The van der Waals surface area contributed by atoms with Crippen LogP contribution in [0.15, 0.2) is 48.5 Å². The summed E-state index contributed by atoms with van der Waals surface area (Å²) in [5.74, 6) is 0.195. The summed E-state index contributed by atoms with van der Waals surface area (Å²) in [4.78, 5) is 14.9. The van der Waals surface area contributed by atoms with Crippen molar-refractivity contribution < 1.29 is 9.90 Å². The Balaban J connectivity index is 1.72. The first-order valence-electron chi connectivity index (χ1n) is 9.65. The van der Waals surface area contributed by atoms with Gasteiger partial charge in [0, 0.05) is 11.6 Å². The maximum absolute atomic E-state index is 13.5. The van der Waals surface area contributed by atoms with Crippen LogP contribution in [0.4, 0.5) is 0 Å². The Morgan fingerprint density at radius 2 is 1.93 bits per heavy atom. The number of carbonyl (C=O) groups is 1. The van der Waals surface area contributed by atoms with Gasteiger partial charge < -0.3 is 10.4 Å². The monoisotopic (exact) mass is 397 g/mol. The van der Waals surface area contributed by atoms with Gasteiger partial charge in [0.05, 0.1) is 6.10 Å². The van der Waals surface area contributed by atoms with Gasteiger partial charge in [-0.3, -0.25) is 15.1 Å². The molecule has 5 nitrogen and oxygen atoms in total. The zero-order chi connectivity index (χ0) is 19.9. The minimum Gasteiger partial charge on any atom is -0.393 e. The fraction of sp³-hybridized carbons (Fsp3) is 0.364. The first-order valence-corrected chi connectivity index (χ1v) is 10.0. The summed E-state index contributed by atoms with van der Waals surface area (Å²) in [7, 11) is 0. The molecule has 0 radical (unpaired) electrons. The summed E-state index contributed by atoms with van der Waals surface area (Å²) in [5.41, 5.74) is 1.96. The highest BCUT2D eigenvalue weighted by atomic mass is 35.5. The van der Waals surface area contributed by atoms with Gasteiger partial charge in [-0.2, -0.15) is 0 Å². The number of carbonyl (C=O) groups excluding carboxylic acids is 1. The van der Waals surface area contributed by atoms with Crippen molar-refractivity contribution in [2.75, 3.05) is 6.54 Å². The van der Waals surface area contributed by atoms with E-state index in [4.69, 9.17) is 17.0 Å². The van der Waals surface area contributed by atoms with Gasteiger partial charge in [0.1, 0.15) is 5.54 Å². The van der Waals surface area contributed by atoms with E-state index >= 15 is 0 Å². The topological polar surface area (TPSA) is 76.4 Å². The number of benzene rings is 2. The Bertz CT molecular complexity index is 926. The van der Waals surface area contributed by atoms with Gasteiger partial charge >= 0.3 is 0 Å². The Kier molecular flexibility index (Phi) is 4.89. The standard InChI is InChI=1S/C22H24ClN3O2/c1-14(27)10-11-26-20(28)22(17-8-9-17,25-21(26)24)18-6-2-4-15(12-18)16-5-3-7-19(23)13-16/h2-7,12-14,17,27H,8-11H2,1H3,(H2,24,25). The Morgan fingerprint density at radius 3 is 2.57 bits per heavy atom. The van der Waals surface area contributed by atoms with E-state index in [0.29, 0.717) is 18.0 Å². The van der Waals surface area contributed by atoms with Gasteiger partial charge in [0.15, 0.2) is 5.96 Å². The van der Waals surface area contributed by atoms with Gasteiger partial charge in [-0.25, -0.2) is 0 Å². The summed E-state index contributed by atoms with van der Waals surface area (Å²) in [6.45, 7) is 2.03. The summed E-state index contributed by atoms with van der Waals surface area (Å²) in [5, 5.41) is 21.8. The number of nitrogens with one attached hydrogen (secondary N) is 2. The highest BCUT2D eigenvalue weighted by Gasteiger charge is 2.58. The molecule has 4 rings (SSSR count). The molecule has 2 aromatic carbocycles. The van der Waals surface area contributed by atoms with Crippen LogP contribution in [0.5, 0.6) is 0 Å². The molecule has 2 fully saturated rings. The van der Waals surface area contributed by atoms with E-state index in [9.17, 15) is 9.90 Å². The molecule has 1 saturated carbocycles. The van der Waals surface area contributed by atoms with Crippen LogP contribution in [0, 0.1) is 11.3 Å². The van der Waals surface area contributed by atoms with Crippen molar-refractivity contribution >= 4 is 23.5 Å². The van der Waals surface area contributed by atoms with Gasteiger partial charge in [0.25, 0.3) is 5.91 Å². The molecule has 1 heterocycles. The maximum atomic E-state index is 13.5. The minimum absolute atomic E-state index is 0.0936. The SMILES string of the molecule is CC(O)CCN1C(=N)NC(c2cccc(-c3cccc(Cl)c3)c2)(C2CC2)C1=O. The second-order valence-electron chi connectivity index (χ2n) is 7.74. The maximum Gasteiger partial charge on any atom is 0.259 e. The van der Waals surface area contributed by atoms with Crippen LogP contribution < -0.4 is 5.32 Å². The quantitative estimate of drug-likeness (QED) is 0.694. The van der Waals surface area contributed by atoms with Crippen LogP contribution in [0.25, 0.3) is 11.1 Å². The van der Waals surface area contributed by atoms with Crippen LogP contribution in [0.1, 0.15) is 31.7 Å². The largest absolute Gasteiger partial charge is 0.393 e. The molecule has 3 N–H and O–H groups in total. The van der Waals surface area contributed by atoms with Crippen molar-refractivity contribution in [2.24, 2.45) is 5.92 Å². The molecule has 0 spiro atoms. The number of nitrogens with zero attached hydrogens (tertiary/aromatic N) is 1. The average Bonchev–Trinajstić information content (AvgIpc) is 3.48. The molecule has 146 valence electrons. The molecule has 0 aromatic heterocycles. The fourth-order valence-electron chi connectivity index (χ4n) is 3.99. The molecule has 1 amide bonds. The molecule has 2 aromatic rings. The first kappa shape index (κ1) is 19.0. The molecular weight excluding hydrogens is 374 g/mol. The third-order valence-electron chi connectivity index (χ3n) is 5.60. The number of halogens is 1. The fourth-order valence-corrected chi connectivity index (χ4v) is 4.18. The van der Waals surface area contributed by atoms with E-state index in [1.54, 1.807) is 6.92 Å². The Labute approximate surface area is 169 Å². The van der Waals surface area contributed by atoms with Gasteiger partial charge in [-0.15, -0.1) is 0 Å². The number of aliphatic hydroxyl groups is 1. The van der Waals surface area contributed by atoms with Gasteiger partial charge in [-0.05, 0) is 67.0 Å². The average molecular weight is 398 g/mol. The second-order valence-corrected chi connectivity index (χ2v) is 8.18. The zero-order valence-corrected chi connectivity index (χ0v) is 16.5. The predicted molar refractivity (Wildman–Crippen MR) is 110 cm³/mol. The lowest BCUT2D eigenvalue weighted by molar-refractivity contribution is -0.132. The van der Waals surface area contributed by atoms with Crippen LogP contribution in [-0.4, -0.2) is 34.5 Å². The molecule has 1 aliphatic heterocycles. The summed E-state index contributed by atoms with van der Waals surface area (Å²) in [6.07, 6.45) is 1.84. The van der Waals surface area contributed by atoms with E-state index in [2.05, 4.69) is 5.32 Å². The number of aliphatic hydroxyl groups excluding tert-OH is 1. The van der Waals surface area contributed by atoms with Crippen molar-refractivity contribution in [3.8, 4) is 11.1 Å². The smallest absolute Gasteiger partial charge is 0.259 e.